The van der Waals surface area contributed by atoms with Crippen molar-refractivity contribution in [1.82, 2.24) is 0 Å². The maximum atomic E-state index is 13.4. The smallest absolute Gasteiger partial charge is 0.310 e. The molecule has 0 saturated heterocycles. The van der Waals surface area contributed by atoms with Gasteiger partial charge < -0.3 is 10.00 Å². The maximum Gasteiger partial charge on any atom is 0.310 e. The third-order valence-electron chi connectivity index (χ3n) is 5.03. The molecule has 2 atom stereocenters. The topological polar surface area (TPSA) is 74.6 Å². The van der Waals surface area contributed by atoms with Crippen LogP contribution in [0.2, 0.25) is 0 Å². The number of unbranched alkanes of at least 4 members (excludes halogenated alkanes) is 1. The van der Waals surface area contributed by atoms with E-state index in [9.17, 15) is 19.4 Å². The molecule has 0 aliphatic rings. The molecule has 0 fully saturated rings. The van der Waals surface area contributed by atoms with Gasteiger partial charge in [-0.05, 0) is 40.5 Å². The minimum absolute atomic E-state index is 0.0146. The van der Waals surface area contributed by atoms with Crippen molar-refractivity contribution in [3.8, 4) is 0 Å². The normalized spacial score (nSPS) is 14.5. The van der Waals surface area contributed by atoms with Gasteiger partial charge in [-0.1, -0.05) is 74.4 Å². The van der Waals surface area contributed by atoms with Crippen LogP contribution in [0.5, 0.6) is 0 Å². The van der Waals surface area contributed by atoms with Gasteiger partial charge in [-0.25, -0.2) is 0 Å². The fraction of sp³-hybridized carbons (Fsp3) is 0.261. The van der Waals surface area contributed by atoms with Gasteiger partial charge in [0.15, 0.2) is 0 Å². The minimum atomic E-state index is -3.80. The molecular weight excluding hydrogens is 371 g/mol. The van der Waals surface area contributed by atoms with E-state index in [2.05, 4.69) is 0 Å². The molecule has 3 aromatic rings. The van der Waals surface area contributed by atoms with E-state index in [1.54, 1.807) is 12.1 Å². The van der Waals surface area contributed by atoms with E-state index >= 15 is 0 Å². The molecule has 0 radical (unpaired) electrons. The predicted octanol–water partition coefficient (Wildman–Crippen LogP) is 5.29. The SMILES string of the molecule is CCCCC(C(=O)O)c1cc2ccccc2cc1P(=O)(O)Cc1ccccc1. The van der Waals surface area contributed by atoms with Crippen LogP contribution in [0.25, 0.3) is 10.8 Å². The number of aliphatic carboxylic acids is 1. The van der Waals surface area contributed by atoms with Crippen molar-refractivity contribution >= 4 is 29.4 Å². The summed E-state index contributed by atoms with van der Waals surface area (Å²) >= 11 is 0. The van der Waals surface area contributed by atoms with Gasteiger partial charge in [0, 0.05) is 5.30 Å². The second-order valence-corrected chi connectivity index (χ2v) is 9.34. The average molecular weight is 396 g/mol. The van der Waals surface area contributed by atoms with Gasteiger partial charge in [0.2, 0.25) is 7.37 Å². The first kappa shape index (κ1) is 20.3. The molecule has 5 heteroatoms. The lowest BCUT2D eigenvalue weighted by molar-refractivity contribution is -0.139. The quantitative estimate of drug-likeness (QED) is 0.507. The molecule has 0 amide bonds. The van der Waals surface area contributed by atoms with Crippen LogP contribution < -0.4 is 5.30 Å². The number of fused-ring (bicyclic) bond motifs is 1. The van der Waals surface area contributed by atoms with Crippen LogP contribution in [0, 0.1) is 0 Å². The Hall–Kier alpha value is -2.42. The van der Waals surface area contributed by atoms with Crippen LogP contribution in [-0.2, 0) is 15.5 Å². The van der Waals surface area contributed by atoms with Gasteiger partial charge >= 0.3 is 5.97 Å². The Morgan fingerprint density at radius 1 is 1.00 bits per heavy atom. The van der Waals surface area contributed by atoms with Crippen LogP contribution in [0.3, 0.4) is 0 Å². The molecule has 0 aliphatic carbocycles. The second kappa shape index (κ2) is 8.72. The highest BCUT2D eigenvalue weighted by atomic mass is 31.2. The van der Waals surface area contributed by atoms with Crippen molar-refractivity contribution in [2.75, 3.05) is 0 Å². The molecule has 3 rings (SSSR count). The summed E-state index contributed by atoms with van der Waals surface area (Å²) < 4.78 is 13.4. The third-order valence-corrected chi connectivity index (χ3v) is 6.96. The Balaban J connectivity index is 2.15. The zero-order valence-electron chi connectivity index (χ0n) is 15.9. The van der Waals surface area contributed by atoms with Crippen LogP contribution in [-0.4, -0.2) is 16.0 Å². The van der Waals surface area contributed by atoms with E-state index in [-0.39, 0.29) is 11.5 Å². The number of carbonyl (C=O) groups is 1. The van der Waals surface area contributed by atoms with Crippen LogP contribution in [0.4, 0.5) is 0 Å². The molecule has 0 bridgehead atoms. The van der Waals surface area contributed by atoms with Crippen molar-refractivity contribution in [2.45, 2.75) is 38.3 Å². The number of carboxylic acids is 1. The largest absolute Gasteiger partial charge is 0.481 e. The Labute approximate surface area is 165 Å². The fourth-order valence-electron chi connectivity index (χ4n) is 3.56. The van der Waals surface area contributed by atoms with Crippen molar-refractivity contribution in [1.29, 1.82) is 0 Å². The second-order valence-electron chi connectivity index (χ2n) is 7.14. The van der Waals surface area contributed by atoms with Crippen molar-refractivity contribution in [2.24, 2.45) is 0 Å². The zero-order valence-corrected chi connectivity index (χ0v) is 16.8. The van der Waals surface area contributed by atoms with Crippen molar-refractivity contribution < 1.29 is 19.4 Å². The van der Waals surface area contributed by atoms with E-state index < -0.39 is 19.3 Å². The molecule has 146 valence electrons. The number of hydrogen-bond donors (Lipinski definition) is 2. The molecule has 28 heavy (non-hydrogen) atoms. The molecule has 0 spiro atoms. The number of benzene rings is 3. The summed E-state index contributed by atoms with van der Waals surface area (Å²) in [6.45, 7) is 2.01. The van der Waals surface area contributed by atoms with E-state index in [1.165, 1.54) is 0 Å². The summed E-state index contributed by atoms with van der Waals surface area (Å²) in [6, 6.07) is 20.2. The lowest BCUT2D eigenvalue weighted by Gasteiger charge is -2.21. The monoisotopic (exact) mass is 396 g/mol. The highest BCUT2D eigenvalue weighted by molar-refractivity contribution is 7.65. The molecule has 0 saturated carbocycles. The number of rotatable bonds is 8. The maximum absolute atomic E-state index is 13.4. The van der Waals surface area contributed by atoms with E-state index in [0.29, 0.717) is 12.0 Å². The van der Waals surface area contributed by atoms with E-state index in [1.807, 2.05) is 61.5 Å². The zero-order chi connectivity index (χ0) is 20.1. The first-order valence-corrected chi connectivity index (χ1v) is 11.4. The third kappa shape index (κ3) is 4.52. The van der Waals surface area contributed by atoms with Crippen molar-refractivity contribution in [3.63, 3.8) is 0 Å². The number of carboxylic acid groups (broad SMARTS) is 1. The van der Waals surface area contributed by atoms with Gasteiger partial charge in [0.05, 0.1) is 12.1 Å². The molecular formula is C23H25O4P. The Morgan fingerprint density at radius 2 is 1.61 bits per heavy atom. The molecule has 0 heterocycles. The Kier molecular flexibility index (Phi) is 6.33. The number of hydrogen-bond acceptors (Lipinski definition) is 2. The molecule has 0 aliphatic heterocycles. The molecule has 2 unspecified atom stereocenters. The lowest BCUT2D eigenvalue weighted by Crippen LogP contribution is -2.21. The molecule has 2 N–H and O–H groups in total. The van der Waals surface area contributed by atoms with E-state index in [0.717, 1.165) is 29.2 Å². The van der Waals surface area contributed by atoms with Crippen LogP contribution >= 0.6 is 7.37 Å². The highest BCUT2D eigenvalue weighted by Crippen LogP contribution is 2.46. The Bertz CT molecular complexity index is 1010. The fourth-order valence-corrected chi connectivity index (χ4v) is 5.40. The van der Waals surface area contributed by atoms with E-state index in [4.69, 9.17) is 0 Å². The van der Waals surface area contributed by atoms with Gasteiger partial charge in [-0.15, -0.1) is 0 Å². The summed E-state index contributed by atoms with van der Waals surface area (Å²) in [5.41, 5.74) is 1.22. The Morgan fingerprint density at radius 3 is 2.21 bits per heavy atom. The van der Waals surface area contributed by atoms with Crippen molar-refractivity contribution in [3.05, 3.63) is 77.9 Å². The average Bonchev–Trinajstić information content (AvgIpc) is 2.68. The van der Waals surface area contributed by atoms with Gasteiger partial charge in [0.1, 0.15) is 0 Å². The summed E-state index contributed by atoms with van der Waals surface area (Å²) in [4.78, 5) is 23.0. The van der Waals surface area contributed by atoms with Crippen LogP contribution in [0.1, 0.15) is 43.2 Å². The predicted molar refractivity (Wildman–Crippen MR) is 113 cm³/mol. The minimum Gasteiger partial charge on any atom is -0.481 e. The van der Waals surface area contributed by atoms with Crippen LogP contribution in [0.15, 0.2) is 66.7 Å². The highest BCUT2D eigenvalue weighted by Gasteiger charge is 2.31. The molecule has 0 aromatic heterocycles. The summed E-state index contributed by atoms with van der Waals surface area (Å²) in [5.74, 6) is -1.75. The van der Waals surface area contributed by atoms with Gasteiger partial charge in [0.25, 0.3) is 0 Å². The summed E-state index contributed by atoms with van der Waals surface area (Å²) in [5, 5.41) is 11.8. The first-order valence-electron chi connectivity index (χ1n) is 9.54. The standard InChI is InChI=1S/C23H25O4P/c1-2-3-13-20(23(24)25)21-14-18-11-7-8-12-19(18)15-22(21)28(26,27)16-17-9-5-4-6-10-17/h4-12,14-15,20H,2-3,13,16H2,1H3,(H,24,25)(H,26,27). The molecule has 4 nitrogen and oxygen atoms in total. The summed E-state index contributed by atoms with van der Waals surface area (Å²) in [6.07, 6.45) is 2.05. The molecule has 3 aromatic carbocycles. The first-order chi connectivity index (χ1) is 13.4. The van der Waals surface area contributed by atoms with Gasteiger partial charge in [-0.3, -0.25) is 9.36 Å². The van der Waals surface area contributed by atoms with Gasteiger partial charge in [-0.2, -0.15) is 0 Å². The summed E-state index contributed by atoms with van der Waals surface area (Å²) in [7, 11) is -3.80. The lowest BCUT2D eigenvalue weighted by atomic mass is 9.92.